The van der Waals surface area contributed by atoms with Gasteiger partial charge in [-0.25, -0.2) is 0 Å². The summed E-state index contributed by atoms with van der Waals surface area (Å²) in [5.74, 6) is 1.19. The Morgan fingerprint density at radius 2 is 1.94 bits per heavy atom. The Hall–Kier alpha value is -1.09. The molecule has 0 amide bonds. The Balaban J connectivity index is 2.07. The maximum atomic E-state index is 12.1. The molecular weight excluding hydrogens is 242 g/mol. The van der Waals surface area contributed by atoms with Gasteiger partial charge in [-0.05, 0) is 11.0 Å². The predicted octanol–water partition coefficient (Wildman–Crippen LogP) is 3.70. The van der Waals surface area contributed by atoms with Crippen LogP contribution in [0.25, 0.3) is 0 Å². The molecule has 0 atom stereocenters. The third-order valence-corrected chi connectivity index (χ3v) is 4.03. The second kappa shape index (κ2) is 5.27. The number of rotatable bonds is 3. The lowest BCUT2D eigenvalue weighted by atomic mass is 9.86. The van der Waals surface area contributed by atoms with Gasteiger partial charge in [-0.1, -0.05) is 45.0 Å². The summed E-state index contributed by atoms with van der Waals surface area (Å²) in [6, 6.07) is 7.97. The summed E-state index contributed by atoms with van der Waals surface area (Å²) >= 11 is 1.70. The van der Waals surface area contributed by atoms with Gasteiger partial charge in [-0.3, -0.25) is 9.79 Å². The second-order valence-electron chi connectivity index (χ2n) is 5.55. The molecule has 0 N–H and O–H groups in total. The third-order valence-electron chi connectivity index (χ3n) is 3.03. The van der Waals surface area contributed by atoms with Crippen molar-refractivity contribution in [2.75, 3.05) is 12.3 Å². The van der Waals surface area contributed by atoms with Gasteiger partial charge in [0.25, 0.3) is 0 Å². The molecule has 2 rings (SSSR count). The number of benzene rings is 1. The number of thioether (sulfide) groups is 1. The minimum absolute atomic E-state index is 0.132. The highest BCUT2D eigenvalue weighted by Crippen LogP contribution is 2.23. The normalized spacial score (nSPS) is 15.6. The standard InChI is InChI=1S/C15H19NOS/c1-15(2,3)12-6-4-11(5-7-12)13(17)10-14-16-8-9-18-14/h4-7H,8-10H2,1-3H3. The Kier molecular flexibility index (Phi) is 3.91. The fourth-order valence-electron chi connectivity index (χ4n) is 1.88. The lowest BCUT2D eigenvalue weighted by Gasteiger charge is -2.18. The molecule has 18 heavy (non-hydrogen) atoms. The predicted molar refractivity (Wildman–Crippen MR) is 78.8 cm³/mol. The van der Waals surface area contributed by atoms with Gasteiger partial charge in [0.1, 0.15) is 0 Å². The molecule has 0 aromatic heterocycles. The highest BCUT2D eigenvalue weighted by Gasteiger charge is 2.16. The van der Waals surface area contributed by atoms with Crippen molar-refractivity contribution < 1.29 is 4.79 Å². The zero-order chi connectivity index (χ0) is 13.2. The minimum atomic E-state index is 0.132. The number of ketones is 1. The van der Waals surface area contributed by atoms with Crippen molar-refractivity contribution in [1.29, 1.82) is 0 Å². The number of hydrogen-bond donors (Lipinski definition) is 0. The van der Waals surface area contributed by atoms with Crippen molar-refractivity contribution in [2.45, 2.75) is 32.6 Å². The van der Waals surface area contributed by atoms with E-state index >= 15 is 0 Å². The van der Waals surface area contributed by atoms with Crippen molar-refractivity contribution in [2.24, 2.45) is 4.99 Å². The maximum Gasteiger partial charge on any atom is 0.169 e. The monoisotopic (exact) mass is 261 g/mol. The molecule has 0 bridgehead atoms. The van der Waals surface area contributed by atoms with E-state index in [1.165, 1.54) is 5.56 Å². The SMILES string of the molecule is CC(C)(C)c1ccc(C(=O)CC2=NCCS2)cc1. The summed E-state index contributed by atoms with van der Waals surface area (Å²) in [6.07, 6.45) is 0.458. The first-order valence-corrected chi connectivity index (χ1v) is 7.25. The van der Waals surface area contributed by atoms with Gasteiger partial charge in [0.05, 0.1) is 11.5 Å². The molecule has 1 aromatic carbocycles. The summed E-state index contributed by atoms with van der Waals surface area (Å²) in [7, 11) is 0. The molecule has 0 spiro atoms. The number of nitrogens with zero attached hydrogens (tertiary/aromatic N) is 1. The van der Waals surface area contributed by atoms with Crippen molar-refractivity contribution in [3.05, 3.63) is 35.4 Å². The van der Waals surface area contributed by atoms with Crippen LogP contribution in [0.1, 0.15) is 43.1 Å². The van der Waals surface area contributed by atoms with Crippen molar-refractivity contribution in [3.8, 4) is 0 Å². The van der Waals surface area contributed by atoms with Crippen molar-refractivity contribution in [3.63, 3.8) is 0 Å². The first-order valence-electron chi connectivity index (χ1n) is 6.27. The largest absolute Gasteiger partial charge is 0.294 e. The van der Waals surface area contributed by atoms with Crippen molar-refractivity contribution >= 4 is 22.6 Å². The topological polar surface area (TPSA) is 29.4 Å². The number of carbonyl (C=O) groups excluding carboxylic acids is 1. The lowest BCUT2D eigenvalue weighted by molar-refractivity contribution is 0.100. The van der Waals surface area contributed by atoms with E-state index in [0.717, 1.165) is 22.9 Å². The maximum absolute atomic E-state index is 12.1. The summed E-state index contributed by atoms with van der Waals surface area (Å²) < 4.78 is 0. The first kappa shape index (κ1) is 13.3. The van der Waals surface area contributed by atoms with Crippen LogP contribution >= 0.6 is 11.8 Å². The van der Waals surface area contributed by atoms with Crippen LogP contribution in [0.4, 0.5) is 0 Å². The molecule has 0 saturated heterocycles. The van der Waals surface area contributed by atoms with Gasteiger partial charge in [-0.2, -0.15) is 0 Å². The van der Waals surface area contributed by atoms with E-state index in [0.29, 0.717) is 6.42 Å². The lowest BCUT2D eigenvalue weighted by Crippen LogP contribution is -2.11. The fraction of sp³-hybridized carbons (Fsp3) is 0.467. The van der Waals surface area contributed by atoms with E-state index < -0.39 is 0 Å². The number of carbonyl (C=O) groups is 1. The van der Waals surface area contributed by atoms with Crippen LogP contribution in [-0.4, -0.2) is 23.1 Å². The van der Waals surface area contributed by atoms with Gasteiger partial charge in [0.2, 0.25) is 0 Å². The Labute approximate surface area is 113 Å². The second-order valence-corrected chi connectivity index (χ2v) is 6.72. The molecule has 96 valence electrons. The molecule has 1 heterocycles. The average molecular weight is 261 g/mol. The van der Waals surface area contributed by atoms with Gasteiger partial charge in [0, 0.05) is 17.9 Å². The van der Waals surface area contributed by atoms with E-state index in [9.17, 15) is 4.79 Å². The number of Topliss-reactive ketones (excluding diaryl/α,β-unsaturated/α-hetero) is 1. The molecule has 1 aromatic rings. The number of aliphatic imine (C=N–C) groups is 1. The first-order chi connectivity index (χ1) is 8.47. The molecule has 0 unspecified atom stereocenters. The van der Waals surface area contributed by atoms with E-state index in [-0.39, 0.29) is 11.2 Å². The van der Waals surface area contributed by atoms with Crippen LogP contribution in [0, 0.1) is 0 Å². The van der Waals surface area contributed by atoms with Gasteiger partial charge >= 0.3 is 0 Å². The van der Waals surface area contributed by atoms with Crippen LogP contribution < -0.4 is 0 Å². The van der Waals surface area contributed by atoms with Crippen LogP contribution in [0.5, 0.6) is 0 Å². The molecule has 0 saturated carbocycles. The Bertz CT molecular complexity index is 468. The Morgan fingerprint density at radius 1 is 1.28 bits per heavy atom. The van der Waals surface area contributed by atoms with Crippen LogP contribution in [0.15, 0.2) is 29.3 Å². The van der Waals surface area contributed by atoms with E-state index in [2.05, 4.69) is 37.9 Å². The van der Waals surface area contributed by atoms with Gasteiger partial charge in [-0.15, -0.1) is 11.8 Å². The van der Waals surface area contributed by atoms with E-state index in [1.807, 2.05) is 12.1 Å². The summed E-state index contributed by atoms with van der Waals surface area (Å²) in [4.78, 5) is 16.4. The highest BCUT2D eigenvalue weighted by molar-refractivity contribution is 8.14. The quantitative estimate of drug-likeness (QED) is 0.776. The van der Waals surface area contributed by atoms with Gasteiger partial charge < -0.3 is 0 Å². The van der Waals surface area contributed by atoms with E-state index in [1.54, 1.807) is 11.8 Å². The molecular formula is C15H19NOS. The summed E-state index contributed by atoms with van der Waals surface area (Å²) in [6.45, 7) is 7.38. The van der Waals surface area contributed by atoms with Crippen molar-refractivity contribution in [1.82, 2.24) is 0 Å². The zero-order valence-electron chi connectivity index (χ0n) is 11.2. The Morgan fingerprint density at radius 3 is 2.44 bits per heavy atom. The van der Waals surface area contributed by atoms with Crippen LogP contribution in [0.2, 0.25) is 0 Å². The minimum Gasteiger partial charge on any atom is -0.294 e. The number of hydrogen-bond acceptors (Lipinski definition) is 3. The molecule has 0 radical (unpaired) electrons. The third kappa shape index (κ3) is 3.22. The molecule has 1 aliphatic heterocycles. The summed E-state index contributed by atoms with van der Waals surface area (Å²) in [5, 5.41) is 0.986. The molecule has 2 nitrogen and oxygen atoms in total. The average Bonchev–Trinajstić information content (AvgIpc) is 2.81. The molecule has 0 fully saturated rings. The van der Waals surface area contributed by atoms with E-state index in [4.69, 9.17) is 0 Å². The molecule has 3 heteroatoms. The zero-order valence-corrected chi connectivity index (χ0v) is 12.0. The van der Waals surface area contributed by atoms with Crippen LogP contribution in [-0.2, 0) is 5.41 Å². The highest BCUT2D eigenvalue weighted by atomic mass is 32.2. The fourth-order valence-corrected chi connectivity index (χ4v) is 2.72. The van der Waals surface area contributed by atoms with Crippen LogP contribution in [0.3, 0.4) is 0 Å². The molecule has 0 aliphatic carbocycles. The van der Waals surface area contributed by atoms with Gasteiger partial charge in [0.15, 0.2) is 5.78 Å². The molecule has 1 aliphatic rings. The smallest absolute Gasteiger partial charge is 0.169 e. The summed E-state index contributed by atoms with van der Waals surface area (Å²) in [5.41, 5.74) is 2.18.